The third-order valence-corrected chi connectivity index (χ3v) is 1.69. The number of ether oxygens (including phenoxy) is 2. The van der Waals surface area contributed by atoms with Crippen molar-refractivity contribution in [2.45, 2.75) is 39.2 Å². The molecule has 0 fully saturated rings. The predicted molar refractivity (Wildman–Crippen MR) is 53.1 cm³/mol. The molecule has 5 nitrogen and oxygen atoms in total. The van der Waals surface area contributed by atoms with Crippen molar-refractivity contribution in [3.8, 4) is 0 Å². The average molecular weight is 218 g/mol. The highest BCUT2D eigenvalue weighted by Crippen LogP contribution is 2.04. The van der Waals surface area contributed by atoms with E-state index in [-0.39, 0.29) is 25.2 Å². The molecule has 0 aliphatic carbocycles. The van der Waals surface area contributed by atoms with Gasteiger partial charge in [-0.2, -0.15) is 0 Å². The summed E-state index contributed by atoms with van der Waals surface area (Å²) in [5.74, 6) is -0.811. The molecule has 0 rings (SSSR count). The third-order valence-electron chi connectivity index (χ3n) is 1.69. The zero-order valence-electron chi connectivity index (χ0n) is 9.19. The summed E-state index contributed by atoms with van der Waals surface area (Å²) < 4.78 is 9.33. The highest BCUT2D eigenvalue weighted by atomic mass is 16.5. The first-order valence-electron chi connectivity index (χ1n) is 5.09. The molecule has 0 bridgehead atoms. The van der Waals surface area contributed by atoms with Gasteiger partial charge in [0, 0.05) is 6.42 Å². The van der Waals surface area contributed by atoms with Crippen molar-refractivity contribution in [3.05, 3.63) is 0 Å². The molecule has 0 saturated heterocycles. The average Bonchev–Trinajstić information content (AvgIpc) is 2.15. The lowest BCUT2D eigenvalue weighted by molar-refractivity contribution is -0.147. The lowest BCUT2D eigenvalue weighted by Gasteiger charge is -2.08. The molecule has 0 spiro atoms. The van der Waals surface area contributed by atoms with Gasteiger partial charge in [0.25, 0.3) is 0 Å². The maximum absolute atomic E-state index is 10.9. The zero-order valence-corrected chi connectivity index (χ0v) is 9.19. The smallest absolute Gasteiger partial charge is 0.308 e. The number of aliphatic hydroxyl groups is 1. The molecular formula is C10H18O5. The standard InChI is InChI=1S/C10H18O5/c1-3-14-9(12)6-5-8(11)7-10(13)15-4-2/h8,11H,3-7H2,1-2H3/t8-/m0/s1. The van der Waals surface area contributed by atoms with E-state index in [1.54, 1.807) is 13.8 Å². The van der Waals surface area contributed by atoms with Crippen LogP contribution in [0.1, 0.15) is 33.1 Å². The van der Waals surface area contributed by atoms with Gasteiger partial charge < -0.3 is 14.6 Å². The Morgan fingerprint density at radius 2 is 1.67 bits per heavy atom. The fourth-order valence-electron chi connectivity index (χ4n) is 1.03. The first-order chi connectivity index (χ1) is 7.10. The first-order valence-corrected chi connectivity index (χ1v) is 5.09. The lowest BCUT2D eigenvalue weighted by Crippen LogP contribution is -2.17. The summed E-state index contributed by atoms with van der Waals surface area (Å²) in [5, 5.41) is 9.35. The van der Waals surface area contributed by atoms with Gasteiger partial charge in [0.2, 0.25) is 0 Å². The Morgan fingerprint density at radius 1 is 1.13 bits per heavy atom. The fourth-order valence-corrected chi connectivity index (χ4v) is 1.03. The Labute approximate surface area is 89.4 Å². The molecule has 0 heterocycles. The van der Waals surface area contributed by atoms with E-state index in [1.807, 2.05) is 0 Å². The van der Waals surface area contributed by atoms with Crippen molar-refractivity contribution in [2.24, 2.45) is 0 Å². The molecule has 1 N–H and O–H groups in total. The largest absolute Gasteiger partial charge is 0.466 e. The number of rotatable bonds is 7. The second-order valence-electron chi connectivity index (χ2n) is 3.01. The summed E-state index contributed by atoms with van der Waals surface area (Å²) in [6.45, 7) is 4.03. The molecule has 1 atom stereocenters. The summed E-state index contributed by atoms with van der Waals surface area (Å²) in [5.41, 5.74) is 0. The third kappa shape index (κ3) is 7.93. The van der Waals surface area contributed by atoms with E-state index in [4.69, 9.17) is 0 Å². The zero-order chi connectivity index (χ0) is 11.7. The van der Waals surface area contributed by atoms with Gasteiger partial charge in [-0.3, -0.25) is 9.59 Å². The molecule has 0 aliphatic rings. The van der Waals surface area contributed by atoms with Crippen molar-refractivity contribution in [3.63, 3.8) is 0 Å². The molecule has 0 aromatic heterocycles. The summed E-state index contributed by atoms with van der Waals surface area (Å²) >= 11 is 0. The molecule has 88 valence electrons. The Morgan fingerprint density at radius 3 is 2.20 bits per heavy atom. The SMILES string of the molecule is CCOC(=O)CC[C@H](O)CC(=O)OCC. The molecular weight excluding hydrogens is 200 g/mol. The van der Waals surface area contributed by atoms with Gasteiger partial charge in [0.1, 0.15) is 0 Å². The van der Waals surface area contributed by atoms with E-state index >= 15 is 0 Å². The molecule has 0 aliphatic heterocycles. The Kier molecular flexibility index (Phi) is 7.62. The Hall–Kier alpha value is -1.10. The summed E-state index contributed by atoms with van der Waals surface area (Å²) in [6.07, 6.45) is -0.576. The minimum absolute atomic E-state index is 0.0761. The first kappa shape index (κ1) is 13.9. The van der Waals surface area contributed by atoms with Crippen LogP contribution in [0.15, 0.2) is 0 Å². The van der Waals surface area contributed by atoms with E-state index < -0.39 is 12.1 Å². The van der Waals surface area contributed by atoms with Gasteiger partial charge in [0.05, 0.1) is 25.7 Å². The quantitative estimate of drug-likeness (QED) is 0.635. The van der Waals surface area contributed by atoms with Crippen LogP contribution in [0.3, 0.4) is 0 Å². The molecule has 5 heteroatoms. The minimum atomic E-state index is -0.839. The number of hydrogen-bond donors (Lipinski definition) is 1. The molecule has 0 aromatic rings. The molecule has 0 aromatic carbocycles. The maximum atomic E-state index is 10.9. The second kappa shape index (κ2) is 8.23. The van der Waals surface area contributed by atoms with E-state index in [9.17, 15) is 14.7 Å². The van der Waals surface area contributed by atoms with Crippen LogP contribution in [0.2, 0.25) is 0 Å². The minimum Gasteiger partial charge on any atom is -0.466 e. The lowest BCUT2D eigenvalue weighted by atomic mass is 10.1. The molecule has 15 heavy (non-hydrogen) atoms. The second-order valence-corrected chi connectivity index (χ2v) is 3.01. The van der Waals surface area contributed by atoms with Crippen molar-refractivity contribution in [1.82, 2.24) is 0 Å². The Balaban J connectivity index is 3.60. The van der Waals surface area contributed by atoms with E-state index in [0.29, 0.717) is 13.2 Å². The van der Waals surface area contributed by atoms with E-state index in [2.05, 4.69) is 9.47 Å². The van der Waals surface area contributed by atoms with Gasteiger partial charge >= 0.3 is 11.9 Å². The van der Waals surface area contributed by atoms with Crippen molar-refractivity contribution < 1.29 is 24.2 Å². The highest BCUT2D eigenvalue weighted by molar-refractivity contribution is 5.71. The van der Waals surface area contributed by atoms with Crippen LogP contribution in [0.4, 0.5) is 0 Å². The van der Waals surface area contributed by atoms with Crippen LogP contribution in [0.25, 0.3) is 0 Å². The van der Waals surface area contributed by atoms with Crippen molar-refractivity contribution in [1.29, 1.82) is 0 Å². The number of esters is 2. The van der Waals surface area contributed by atoms with Crippen molar-refractivity contribution in [2.75, 3.05) is 13.2 Å². The van der Waals surface area contributed by atoms with Gasteiger partial charge in [-0.1, -0.05) is 0 Å². The molecule has 0 unspecified atom stereocenters. The number of carbonyl (C=O) groups excluding carboxylic acids is 2. The molecule has 0 amide bonds. The molecule has 0 saturated carbocycles. The predicted octanol–water partition coefficient (Wildman–Crippen LogP) is 0.644. The van der Waals surface area contributed by atoms with E-state index in [1.165, 1.54) is 0 Å². The van der Waals surface area contributed by atoms with Crippen LogP contribution in [0, 0.1) is 0 Å². The van der Waals surface area contributed by atoms with Crippen LogP contribution < -0.4 is 0 Å². The van der Waals surface area contributed by atoms with Gasteiger partial charge in [-0.25, -0.2) is 0 Å². The summed E-state index contributed by atoms with van der Waals surface area (Å²) in [7, 11) is 0. The topological polar surface area (TPSA) is 72.8 Å². The van der Waals surface area contributed by atoms with Crippen LogP contribution in [0.5, 0.6) is 0 Å². The molecule has 0 radical (unpaired) electrons. The van der Waals surface area contributed by atoms with Crippen LogP contribution in [-0.4, -0.2) is 36.4 Å². The number of hydrogen-bond acceptors (Lipinski definition) is 5. The Bertz CT molecular complexity index is 202. The summed E-state index contributed by atoms with van der Waals surface area (Å²) in [6, 6.07) is 0. The maximum Gasteiger partial charge on any atom is 0.308 e. The van der Waals surface area contributed by atoms with Crippen LogP contribution in [-0.2, 0) is 19.1 Å². The van der Waals surface area contributed by atoms with Crippen LogP contribution >= 0.6 is 0 Å². The van der Waals surface area contributed by atoms with E-state index in [0.717, 1.165) is 0 Å². The van der Waals surface area contributed by atoms with Gasteiger partial charge in [-0.15, -0.1) is 0 Å². The van der Waals surface area contributed by atoms with Gasteiger partial charge in [-0.05, 0) is 20.3 Å². The number of aliphatic hydroxyl groups excluding tert-OH is 1. The summed E-state index contributed by atoms with van der Waals surface area (Å²) in [4.78, 5) is 21.8. The van der Waals surface area contributed by atoms with Gasteiger partial charge in [0.15, 0.2) is 0 Å². The van der Waals surface area contributed by atoms with Crippen molar-refractivity contribution >= 4 is 11.9 Å². The fraction of sp³-hybridized carbons (Fsp3) is 0.800. The number of carbonyl (C=O) groups is 2. The normalized spacial score (nSPS) is 11.9. The monoisotopic (exact) mass is 218 g/mol. The highest BCUT2D eigenvalue weighted by Gasteiger charge is 2.13.